The van der Waals surface area contributed by atoms with E-state index >= 15 is 0 Å². The molecule has 8 heteroatoms. The summed E-state index contributed by atoms with van der Waals surface area (Å²) in [6.45, 7) is 0.383. The smallest absolute Gasteiger partial charge is 0.339 e. The Bertz CT molecular complexity index is 791. The lowest BCUT2D eigenvalue weighted by Gasteiger charge is -2.07. The fourth-order valence-corrected chi connectivity index (χ4v) is 2.27. The van der Waals surface area contributed by atoms with Gasteiger partial charge in [-0.15, -0.1) is 0 Å². The lowest BCUT2D eigenvalue weighted by Crippen LogP contribution is -2.33. The summed E-state index contributed by atoms with van der Waals surface area (Å²) < 4.78 is 6.90. The van der Waals surface area contributed by atoms with E-state index in [1.807, 2.05) is 6.07 Å². The summed E-state index contributed by atoms with van der Waals surface area (Å²) in [5, 5.41) is 11.6. The van der Waals surface area contributed by atoms with Crippen LogP contribution in [0.15, 0.2) is 39.0 Å². The van der Waals surface area contributed by atoms with Crippen molar-refractivity contribution in [3.05, 3.63) is 50.5 Å². The van der Waals surface area contributed by atoms with Gasteiger partial charge in [-0.05, 0) is 18.2 Å². The minimum atomic E-state index is -0.807. The molecule has 1 heterocycles. The molecular weight excluding hydrogens is 292 g/mol. The van der Waals surface area contributed by atoms with E-state index in [0.717, 1.165) is 0 Å². The maximum atomic E-state index is 11.2. The normalized spacial score (nSPS) is 10.1. The van der Waals surface area contributed by atoms with Crippen molar-refractivity contribution in [2.45, 2.75) is 5.16 Å². The van der Waals surface area contributed by atoms with Gasteiger partial charge in [-0.25, -0.2) is 0 Å². The number of benzene rings is 1. The van der Waals surface area contributed by atoms with Crippen molar-refractivity contribution in [2.24, 2.45) is 7.05 Å². The minimum absolute atomic E-state index is 0.383. The Labute approximate surface area is 124 Å². The molecule has 0 radical (unpaired) electrons. The molecule has 0 fully saturated rings. The molecule has 0 saturated carbocycles. The van der Waals surface area contributed by atoms with Gasteiger partial charge in [0.05, 0.1) is 18.2 Å². The molecule has 0 atom stereocenters. The first-order valence-electron chi connectivity index (χ1n) is 6.03. The number of ether oxygens (including phenoxy) is 1. The lowest BCUT2D eigenvalue weighted by atomic mass is 10.2. The average Bonchev–Trinajstić information content (AvgIpc) is 2.48. The van der Waals surface area contributed by atoms with Crippen LogP contribution in [0.4, 0.5) is 0 Å². The largest absolute Gasteiger partial charge is 0.493 e. The zero-order chi connectivity index (χ0) is 15.2. The summed E-state index contributed by atoms with van der Waals surface area (Å²) in [5.74, 6) is 1.15. The van der Waals surface area contributed by atoms with Crippen LogP contribution in [0, 0.1) is 11.3 Å². The number of thioether (sulfide) groups is 1. The van der Waals surface area contributed by atoms with E-state index in [1.165, 1.54) is 16.4 Å². The quantitative estimate of drug-likeness (QED) is 0.491. The number of rotatable bonds is 5. The highest BCUT2D eigenvalue weighted by atomic mass is 32.2. The van der Waals surface area contributed by atoms with E-state index in [4.69, 9.17) is 10.00 Å². The second-order valence-corrected chi connectivity index (χ2v) is 5.10. The Hall–Kier alpha value is -2.53. The summed E-state index contributed by atoms with van der Waals surface area (Å²) in [7, 11) is 1.60. The predicted molar refractivity (Wildman–Crippen MR) is 77.5 cm³/mol. The highest BCUT2D eigenvalue weighted by Crippen LogP contribution is 2.15. The second-order valence-electron chi connectivity index (χ2n) is 4.04. The molecule has 0 bridgehead atoms. The summed E-state index contributed by atoms with van der Waals surface area (Å²) in [4.78, 5) is 25.9. The number of nitrogens with one attached hydrogen (secondary N) is 1. The first-order valence-corrected chi connectivity index (χ1v) is 7.02. The van der Waals surface area contributed by atoms with Gasteiger partial charge in [0.25, 0.3) is 0 Å². The molecule has 0 amide bonds. The highest BCUT2D eigenvalue weighted by Gasteiger charge is 2.04. The Kier molecular flexibility index (Phi) is 4.79. The van der Waals surface area contributed by atoms with Gasteiger partial charge in [0.1, 0.15) is 5.75 Å². The molecule has 1 aromatic heterocycles. The van der Waals surface area contributed by atoms with Crippen LogP contribution in [0.5, 0.6) is 5.75 Å². The first kappa shape index (κ1) is 14.9. The number of hydrogen-bond donors (Lipinski definition) is 1. The van der Waals surface area contributed by atoms with Crippen LogP contribution in [0.3, 0.4) is 0 Å². The van der Waals surface area contributed by atoms with Crippen molar-refractivity contribution < 1.29 is 4.74 Å². The van der Waals surface area contributed by atoms with Gasteiger partial charge in [0, 0.05) is 12.8 Å². The Morgan fingerprint density at radius 2 is 2.29 bits per heavy atom. The molecule has 2 rings (SSSR count). The molecule has 0 spiro atoms. The van der Waals surface area contributed by atoms with Crippen molar-refractivity contribution in [2.75, 3.05) is 12.4 Å². The van der Waals surface area contributed by atoms with Crippen molar-refractivity contribution in [3.8, 4) is 11.8 Å². The van der Waals surface area contributed by atoms with E-state index < -0.39 is 11.1 Å². The van der Waals surface area contributed by atoms with Gasteiger partial charge < -0.3 is 4.74 Å². The Morgan fingerprint density at radius 3 is 3.05 bits per heavy atom. The van der Waals surface area contributed by atoms with Gasteiger partial charge in [0.15, 0.2) is 5.16 Å². The molecule has 21 heavy (non-hydrogen) atoms. The third-order valence-electron chi connectivity index (χ3n) is 2.49. The van der Waals surface area contributed by atoms with Crippen LogP contribution in [0.1, 0.15) is 5.56 Å². The fourth-order valence-electron chi connectivity index (χ4n) is 1.54. The SMILES string of the molecule is Cn1[nH]c(=O)c(=O)nc1SCCOc1cccc(C#N)c1. The number of aromatic amines is 1. The van der Waals surface area contributed by atoms with Crippen LogP contribution >= 0.6 is 11.8 Å². The maximum absolute atomic E-state index is 11.2. The van der Waals surface area contributed by atoms with Crippen molar-refractivity contribution in [3.63, 3.8) is 0 Å². The van der Waals surface area contributed by atoms with Crippen molar-refractivity contribution in [1.82, 2.24) is 14.8 Å². The number of aromatic nitrogens is 3. The zero-order valence-corrected chi connectivity index (χ0v) is 12.0. The number of nitrogens with zero attached hydrogens (tertiary/aromatic N) is 3. The lowest BCUT2D eigenvalue weighted by molar-refractivity contribution is 0.343. The summed E-state index contributed by atoms with van der Waals surface area (Å²) in [6.07, 6.45) is 0. The van der Waals surface area contributed by atoms with Gasteiger partial charge in [0.2, 0.25) is 0 Å². The van der Waals surface area contributed by atoms with Gasteiger partial charge in [-0.2, -0.15) is 10.2 Å². The van der Waals surface area contributed by atoms with E-state index in [0.29, 0.717) is 28.8 Å². The highest BCUT2D eigenvalue weighted by molar-refractivity contribution is 7.99. The van der Waals surface area contributed by atoms with Gasteiger partial charge in [-0.1, -0.05) is 17.8 Å². The molecule has 108 valence electrons. The molecule has 0 saturated heterocycles. The second kappa shape index (κ2) is 6.76. The van der Waals surface area contributed by atoms with Gasteiger partial charge in [-0.3, -0.25) is 19.4 Å². The number of hydrogen-bond acceptors (Lipinski definition) is 6. The average molecular weight is 304 g/mol. The van der Waals surface area contributed by atoms with E-state index in [-0.39, 0.29) is 0 Å². The molecular formula is C13H12N4O3S. The molecule has 2 aromatic rings. The van der Waals surface area contributed by atoms with E-state index in [1.54, 1.807) is 31.3 Å². The molecule has 0 aliphatic carbocycles. The molecule has 1 aromatic carbocycles. The number of H-pyrrole nitrogens is 1. The first-order chi connectivity index (χ1) is 10.1. The van der Waals surface area contributed by atoms with Crippen LogP contribution in [0.25, 0.3) is 0 Å². The Morgan fingerprint density at radius 1 is 1.48 bits per heavy atom. The molecule has 7 nitrogen and oxygen atoms in total. The third kappa shape index (κ3) is 3.97. The molecule has 0 aliphatic heterocycles. The number of aryl methyl sites for hydroxylation is 1. The topological polar surface area (TPSA) is 101 Å². The van der Waals surface area contributed by atoms with Crippen molar-refractivity contribution in [1.29, 1.82) is 5.26 Å². The monoisotopic (exact) mass is 304 g/mol. The third-order valence-corrected chi connectivity index (χ3v) is 3.49. The van der Waals surface area contributed by atoms with Crippen LogP contribution in [-0.2, 0) is 7.05 Å². The van der Waals surface area contributed by atoms with Gasteiger partial charge >= 0.3 is 11.1 Å². The summed E-state index contributed by atoms with van der Waals surface area (Å²) in [5.41, 5.74) is -1.02. The van der Waals surface area contributed by atoms with E-state index in [2.05, 4.69) is 10.1 Å². The summed E-state index contributed by atoms with van der Waals surface area (Å²) >= 11 is 1.29. The fraction of sp³-hybridized carbons (Fsp3) is 0.231. The zero-order valence-electron chi connectivity index (χ0n) is 11.2. The van der Waals surface area contributed by atoms with E-state index in [9.17, 15) is 9.59 Å². The molecule has 1 N–H and O–H groups in total. The molecule has 0 unspecified atom stereocenters. The van der Waals surface area contributed by atoms with Crippen LogP contribution in [-0.4, -0.2) is 27.1 Å². The Balaban J connectivity index is 1.90. The van der Waals surface area contributed by atoms with Crippen LogP contribution in [0.2, 0.25) is 0 Å². The van der Waals surface area contributed by atoms with Crippen LogP contribution < -0.4 is 15.9 Å². The van der Waals surface area contributed by atoms with Crippen molar-refractivity contribution >= 4 is 11.8 Å². The standard InChI is InChI=1S/C13H12N4O3S/c1-17-13(15-11(18)12(19)16-17)21-6-5-20-10-4-2-3-9(7-10)8-14/h2-4,7H,5-6H2,1H3,(H,16,19). The number of nitriles is 1. The predicted octanol–water partition coefficient (Wildman–Crippen LogP) is 0.511. The molecule has 0 aliphatic rings. The summed E-state index contributed by atoms with van der Waals surface area (Å²) in [6, 6.07) is 8.89. The minimum Gasteiger partial charge on any atom is -0.493 e. The maximum Gasteiger partial charge on any atom is 0.339 e.